The van der Waals surface area contributed by atoms with E-state index in [1.807, 2.05) is 50.2 Å². The summed E-state index contributed by atoms with van der Waals surface area (Å²) in [7, 11) is 6.52. The summed E-state index contributed by atoms with van der Waals surface area (Å²) in [6.45, 7) is 2.02. The number of nitrogens with zero attached hydrogens (tertiary/aromatic N) is 2. The molecular weight excluding hydrogens is 364 g/mol. The van der Waals surface area contributed by atoms with Crippen LogP contribution in [0.1, 0.15) is 33.5 Å². The van der Waals surface area contributed by atoms with E-state index in [-0.39, 0.29) is 5.92 Å². The predicted molar refractivity (Wildman–Crippen MR) is 104 cm³/mol. The van der Waals surface area contributed by atoms with Crippen LogP contribution < -0.4 is 4.90 Å². The average molecular weight is 388 g/mol. The van der Waals surface area contributed by atoms with Gasteiger partial charge < -0.3 is 14.4 Å². The Labute approximate surface area is 163 Å². The van der Waals surface area contributed by atoms with Gasteiger partial charge in [-0.3, -0.25) is 9.59 Å². The third kappa shape index (κ3) is 3.56. The van der Waals surface area contributed by atoms with Crippen molar-refractivity contribution in [2.75, 3.05) is 33.2 Å². The van der Waals surface area contributed by atoms with Crippen molar-refractivity contribution in [3.63, 3.8) is 0 Å². The first kappa shape index (κ1) is 19.4. The second kappa shape index (κ2) is 7.68. The summed E-state index contributed by atoms with van der Waals surface area (Å²) in [6, 6.07) is 8.04. The monoisotopic (exact) mass is 388 g/mol. The lowest BCUT2D eigenvalue weighted by Gasteiger charge is -2.34. The van der Waals surface area contributed by atoms with E-state index in [1.54, 1.807) is 0 Å². The largest absolute Gasteiger partial charge is 0.469 e. The van der Waals surface area contributed by atoms with E-state index in [0.29, 0.717) is 6.42 Å². The van der Waals surface area contributed by atoms with Gasteiger partial charge in [0.15, 0.2) is 5.13 Å². The highest BCUT2D eigenvalue weighted by Crippen LogP contribution is 2.48. The highest BCUT2D eigenvalue weighted by molar-refractivity contribution is 7.16. The number of aryl methyl sites for hydroxylation is 1. The van der Waals surface area contributed by atoms with Crippen molar-refractivity contribution < 1.29 is 19.1 Å². The molecule has 0 unspecified atom stereocenters. The van der Waals surface area contributed by atoms with Gasteiger partial charge in [-0.1, -0.05) is 29.8 Å². The van der Waals surface area contributed by atoms with Crippen LogP contribution in [0, 0.1) is 12.8 Å². The molecule has 0 saturated carbocycles. The van der Waals surface area contributed by atoms with Crippen LogP contribution in [0.2, 0.25) is 0 Å². The minimum atomic E-state index is -0.719. The summed E-state index contributed by atoms with van der Waals surface area (Å²) in [5.74, 6) is -2.40. The Morgan fingerprint density at radius 2 is 1.74 bits per heavy atom. The molecule has 27 heavy (non-hydrogen) atoms. The van der Waals surface area contributed by atoms with Crippen LogP contribution >= 0.6 is 11.3 Å². The van der Waals surface area contributed by atoms with Crippen molar-refractivity contribution in [1.29, 1.82) is 0 Å². The van der Waals surface area contributed by atoms with E-state index in [1.165, 1.54) is 25.6 Å². The van der Waals surface area contributed by atoms with E-state index in [4.69, 9.17) is 14.5 Å². The van der Waals surface area contributed by atoms with Gasteiger partial charge in [0.25, 0.3) is 0 Å². The number of carbonyl (C=O) groups is 2. The first-order chi connectivity index (χ1) is 12.9. The van der Waals surface area contributed by atoms with E-state index in [9.17, 15) is 9.59 Å². The van der Waals surface area contributed by atoms with Gasteiger partial charge in [-0.2, -0.15) is 0 Å². The molecule has 0 aliphatic heterocycles. The van der Waals surface area contributed by atoms with E-state index in [0.717, 1.165) is 26.8 Å². The zero-order chi connectivity index (χ0) is 19.7. The average Bonchev–Trinajstić information content (AvgIpc) is 3.10. The third-order valence-corrected chi connectivity index (χ3v) is 6.37. The van der Waals surface area contributed by atoms with Crippen molar-refractivity contribution in [1.82, 2.24) is 4.98 Å². The van der Waals surface area contributed by atoms with E-state index >= 15 is 0 Å². The van der Waals surface area contributed by atoms with Gasteiger partial charge in [0.05, 0.1) is 25.8 Å². The van der Waals surface area contributed by atoms with Crippen molar-refractivity contribution in [2.24, 2.45) is 5.92 Å². The summed E-state index contributed by atoms with van der Waals surface area (Å²) in [6.07, 6.45) is 0.579. The molecule has 1 aromatic heterocycles. The number of esters is 2. The number of thiazole rings is 1. The van der Waals surface area contributed by atoms with Crippen LogP contribution in [-0.2, 0) is 25.5 Å². The molecule has 1 heterocycles. The number of hydrogen-bond donors (Lipinski definition) is 0. The van der Waals surface area contributed by atoms with Crippen LogP contribution in [0.15, 0.2) is 24.3 Å². The molecule has 0 spiro atoms. The molecule has 0 fully saturated rings. The second-order valence-corrected chi connectivity index (χ2v) is 7.98. The first-order valence-corrected chi connectivity index (χ1v) is 9.58. The highest BCUT2D eigenvalue weighted by Gasteiger charge is 2.48. The third-order valence-electron chi connectivity index (χ3n) is 5.02. The molecular formula is C20H24N2O4S. The highest BCUT2D eigenvalue weighted by atomic mass is 32.1. The number of anilines is 1. The Bertz CT molecular complexity index is 844. The zero-order valence-electron chi connectivity index (χ0n) is 16.2. The number of rotatable bonds is 4. The molecule has 7 heteroatoms. The lowest BCUT2D eigenvalue weighted by Crippen LogP contribution is -2.38. The van der Waals surface area contributed by atoms with Gasteiger partial charge in [-0.15, -0.1) is 11.3 Å². The van der Waals surface area contributed by atoms with Crippen molar-refractivity contribution in [3.05, 3.63) is 46.0 Å². The molecule has 2 aromatic rings. The Kier molecular flexibility index (Phi) is 5.51. The first-order valence-electron chi connectivity index (χ1n) is 8.76. The molecule has 0 bridgehead atoms. The maximum Gasteiger partial charge on any atom is 0.314 e. The van der Waals surface area contributed by atoms with Crippen molar-refractivity contribution in [3.8, 4) is 0 Å². The Balaban J connectivity index is 2.16. The van der Waals surface area contributed by atoms with Crippen LogP contribution in [0.3, 0.4) is 0 Å². The number of ether oxygens (including phenoxy) is 2. The number of methoxy groups -OCH3 is 2. The Morgan fingerprint density at radius 3 is 2.30 bits per heavy atom. The molecule has 1 aliphatic carbocycles. The zero-order valence-corrected chi connectivity index (χ0v) is 17.0. The van der Waals surface area contributed by atoms with E-state index < -0.39 is 23.8 Å². The number of carbonyl (C=O) groups excluding carboxylic acids is 2. The van der Waals surface area contributed by atoms with Crippen LogP contribution in [0.5, 0.6) is 0 Å². The molecule has 6 nitrogen and oxygen atoms in total. The lowest BCUT2D eigenvalue weighted by atomic mass is 9.70. The van der Waals surface area contributed by atoms with Crippen molar-refractivity contribution in [2.45, 2.75) is 25.2 Å². The van der Waals surface area contributed by atoms with Gasteiger partial charge in [-0.05, 0) is 18.9 Å². The molecule has 144 valence electrons. The fourth-order valence-electron chi connectivity index (χ4n) is 3.62. The predicted octanol–water partition coefficient (Wildman–Crippen LogP) is 2.90. The quantitative estimate of drug-likeness (QED) is 0.750. The van der Waals surface area contributed by atoms with Crippen LogP contribution in [0.4, 0.5) is 5.13 Å². The minimum Gasteiger partial charge on any atom is -0.469 e. The van der Waals surface area contributed by atoms with Gasteiger partial charge in [0.1, 0.15) is 5.92 Å². The summed E-state index contributed by atoms with van der Waals surface area (Å²) in [5.41, 5.74) is 2.98. The minimum absolute atomic E-state index is 0.202. The molecule has 3 atom stereocenters. The normalized spacial score (nSPS) is 21.3. The summed E-state index contributed by atoms with van der Waals surface area (Å²) in [5, 5.41) is 0.807. The summed E-state index contributed by atoms with van der Waals surface area (Å²) < 4.78 is 10.1. The molecule has 0 radical (unpaired) electrons. The van der Waals surface area contributed by atoms with Gasteiger partial charge in [0, 0.05) is 24.9 Å². The SMILES string of the molecule is COC(=O)[C@H]1[C@H](C(=O)OC)c2sc(N(C)C)nc2C[C@H]1c1ccc(C)cc1. The number of benzene rings is 1. The summed E-state index contributed by atoms with van der Waals surface area (Å²) in [4.78, 5) is 32.9. The maximum absolute atomic E-state index is 12.7. The van der Waals surface area contributed by atoms with E-state index in [2.05, 4.69) is 0 Å². The fourth-order valence-corrected chi connectivity index (χ4v) is 4.77. The molecule has 1 aliphatic rings. The number of aromatic nitrogens is 1. The number of hydrogen-bond acceptors (Lipinski definition) is 7. The van der Waals surface area contributed by atoms with Crippen LogP contribution in [-0.4, -0.2) is 45.2 Å². The van der Waals surface area contributed by atoms with Gasteiger partial charge >= 0.3 is 11.9 Å². The molecule has 3 rings (SSSR count). The molecule has 0 amide bonds. The standard InChI is InChI=1S/C20H24N2O4S/c1-11-6-8-12(9-7-11)13-10-14-17(27-20(21-14)22(2)3)16(19(24)26-5)15(13)18(23)25-4/h6-9,13,15-16H,10H2,1-5H3/t13-,15+,16-/m0/s1. The topological polar surface area (TPSA) is 68.7 Å². The smallest absolute Gasteiger partial charge is 0.314 e. The van der Waals surface area contributed by atoms with Gasteiger partial charge in [0.2, 0.25) is 0 Å². The molecule has 0 saturated heterocycles. The van der Waals surface area contributed by atoms with Gasteiger partial charge in [-0.25, -0.2) is 4.98 Å². The maximum atomic E-state index is 12.7. The molecule has 0 N–H and O–H groups in total. The van der Waals surface area contributed by atoms with Crippen molar-refractivity contribution >= 4 is 28.4 Å². The lowest BCUT2D eigenvalue weighted by molar-refractivity contribution is -0.155. The van der Waals surface area contributed by atoms with Crippen LogP contribution in [0.25, 0.3) is 0 Å². The number of fused-ring (bicyclic) bond motifs is 1. The Morgan fingerprint density at radius 1 is 1.11 bits per heavy atom. The fraction of sp³-hybridized carbons (Fsp3) is 0.450. The Hall–Kier alpha value is -2.41. The molecule has 1 aromatic carbocycles. The summed E-state index contributed by atoms with van der Waals surface area (Å²) >= 11 is 1.43. The second-order valence-electron chi connectivity index (χ2n) is 6.97.